The average molecular weight is 171 g/mol. The Balaban J connectivity index is 2.28. The average Bonchev–Trinajstić information content (AvgIpc) is 2.47. The van der Waals surface area contributed by atoms with Gasteiger partial charge in [-0.1, -0.05) is 6.92 Å². The van der Waals surface area contributed by atoms with Gasteiger partial charge in [-0.2, -0.15) is 0 Å². The number of hydrogen-bond donors (Lipinski definition) is 1. The molecule has 0 amide bonds. The molecule has 0 bridgehead atoms. The van der Waals surface area contributed by atoms with E-state index in [1.54, 1.807) is 0 Å². The van der Waals surface area contributed by atoms with Gasteiger partial charge in [0.05, 0.1) is 0 Å². The van der Waals surface area contributed by atoms with Crippen LogP contribution in [0.3, 0.4) is 0 Å². The van der Waals surface area contributed by atoms with Gasteiger partial charge in [0.15, 0.2) is 6.29 Å². The molecule has 4 nitrogen and oxygen atoms in total. The summed E-state index contributed by atoms with van der Waals surface area (Å²) in [7, 11) is 0. The number of hydrogen-bond acceptors (Lipinski definition) is 4. The Morgan fingerprint density at radius 2 is 2.50 bits per heavy atom. The van der Waals surface area contributed by atoms with Gasteiger partial charge < -0.3 is 10.1 Å². The molecule has 4 heteroatoms. The Bertz CT molecular complexity index is 181. The molecule has 1 heterocycles. The Hall–Kier alpha value is -0.900. The maximum absolute atomic E-state index is 11.1. The minimum atomic E-state index is -0.313. The summed E-state index contributed by atoms with van der Waals surface area (Å²) in [5.74, 6) is 0.199. The van der Waals surface area contributed by atoms with Crippen molar-refractivity contribution in [3.63, 3.8) is 0 Å². The van der Waals surface area contributed by atoms with Gasteiger partial charge in [0.25, 0.3) is 0 Å². The van der Waals surface area contributed by atoms with Crippen molar-refractivity contribution in [1.29, 1.82) is 0 Å². The van der Waals surface area contributed by atoms with E-state index in [1.165, 1.54) is 0 Å². The molecule has 1 fully saturated rings. The summed E-state index contributed by atoms with van der Waals surface area (Å²) in [6, 6.07) is -0.208. The maximum Gasteiger partial charge on any atom is 0.323 e. The molecule has 1 saturated heterocycles. The van der Waals surface area contributed by atoms with Gasteiger partial charge in [0.2, 0.25) is 0 Å². The van der Waals surface area contributed by atoms with Crippen LogP contribution in [-0.2, 0) is 14.3 Å². The third-order valence-electron chi connectivity index (χ3n) is 1.93. The van der Waals surface area contributed by atoms with Crippen LogP contribution in [0.5, 0.6) is 0 Å². The normalized spacial score (nSPS) is 28.4. The second kappa shape index (κ2) is 4.21. The summed E-state index contributed by atoms with van der Waals surface area (Å²) in [6.07, 6.45) is 1.38. The molecule has 0 spiro atoms. The lowest BCUT2D eigenvalue weighted by Gasteiger charge is -2.07. The highest BCUT2D eigenvalue weighted by molar-refractivity contribution is 5.77. The molecule has 0 aromatic heterocycles. The molecule has 0 aromatic rings. The van der Waals surface area contributed by atoms with E-state index in [4.69, 9.17) is 0 Å². The lowest BCUT2D eigenvalue weighted by atomic mass is 10.1. The van der Waals surface area contributed by atoms with Crippen molar-refractivity contribution in [2.75, 3.05) is 13.2 Å². The van der Waals surface area contributed by atoms with Crippen LogP contribution in [0.2, 0.25) is 0 Å². The number of aldehydes is 1. The first-order valence-corrected chi connectivity index (χ1v) is 4.07. The second-order valence-electron chi connectivity index (χ2n) is 3.10. The zero-order chi connectivity index (χ0) is 8.97. The predicted octanol–water partition coefficient (Wildman–Crippen LogP) is -0.274. The second-order valence-corrected chi connectivity index (χ2v) is 3.10. The smallest absolute Gasteiger partial charge is 0.323 e. The predicted molar refractivity (Wildman–Crippen MR) is 42.6 cm³/mol. The molecule has 2 atom stereocenters. The molecule has 1 rings (SSSR count). The number of carbonyl (C=O) groups is 2. The van der Waals surface area contributed by atoms with E-state index in [-0.39, 0.29) is 18.6 Å². The maximum atomic E-state index is 11.1. The van der Waals surface area contributed by atoms with Gasteiger partial charge in [-0.15, -0.1) is 0 Å². The zero-order valence-corrected chi connectivity index (χ0v) is 7.08. The Morgan fingerprint density at radius 1 is 1.75 bits per heavy atom. The summed E-state index contributed by atoms with van der Waals surface area (Å²) in [6.45, 7) is 2.78. The fourth-order valence-electron chi connectivity index (χ4n) is 1.31. The van der Waals surface area contributed by atoms with Crippen LogP contribution in [0.25, 0.3) is 0 Å². The van der Waals surface area contributed by atoms with Crippen LogP contribution in [0.15, 0.2) is 0 Å². The molecule has 1 N–H and O–H groups in total. The lowest BCUT2D eigenvalue weighted by Crippen LogP contribution is -2.32. The minimum Gasteiger partial charge on any atom is -0.457 e. The first-order chi connectivity index (χ1) is 5.74. The van der Waals surface area contributed by atoms with Crippen LogP contribution in [0.1, 0.15) is 13.3 Å². The first-order valence-electron chi connectivity index (χ1n) is 4.07. The molecule has 0 saturated carbocycles. The Labute approximate surface area is 71.3 Å². The van der Waals surface area contributed by atoms with E-state index in [9.17, 15) is 9.59 Å². The largest absolute Gasteiger partial charge is 0.457 e. The molecule has 12 heavy (non-hydrogen) atoms. The zero-order valence-electron chi connectivity index (χ0n) is 7.08. The van der Waals surface area contributed by atoms with Crippen molar-refractivity contribution in [3.05, 3.63) is 0 Å². The van der Waals surface area contributed by atoms with Gasteiger partial charge in [0, 0.05) is 0 Å². The van der Waals surface area contributed by atoms with Crippen LogP contribution >= 0.6 is 0 Å². The van der Waals surface area contributed by atoms with Crippen molar-refractivity contribution in [3.8, 4) is 0 Å². The summed E-state index contributed by atoms with van der Waals surface area (Å²) in [5.41, 5.74) is 0. The molecule has 0 unspecified atom stereocenters. The summed E-state index contributed by atoms with van der Waals surface area (Å²) < 4.78 is 4.65. The number of esters is 1. The fraction of sp³-hybridized carbons (Fsp3) is 0.750. The molecule has 1 aliphatic heterocycles. The van der Waals surface area contributed by atoms with Gasteiger partial charge >= 0.3 is 5.97 Å². The van der Waals surface area contributed by atoms with E-state index < -0.39 is 0 Å². The van der Waals surface area contributed by atoms with Crippen LogP contribution in [-0.4, -0.2) is 31.4 Å². The molecule has 0 aliphatic carbocycles. The Kier molecular flexibility index (Phi) is 3.22. The molecular formula is C8H13NO3. The number of nitrogens with one attached hydrogen (secondary N) is 1. The van der Waals surface area contributed by atoms with E-state index in [0.717, 1.165) is 13.0 Å². The van der Waals surface area contributed by atoms with Crippen molar-refractivity contribution < 1.29 is 14.3 Å². The lowest BCUT2D eigenvalue weighted by molar-refractivity contribution is -0.147. The molecular weight excluding hydrogens is 158 g/mol. The number of rotatable bonds is 3. The van der Waals surface area contributed by atoms with Crippen molar-refractivity contribution in [1.82, 2.24) is 5.32 Å². The van der Waals surface area contributed by atoms with Gasteiger partial charge in [0.1, 0.15) is 12.6 Å². The first kappa shape index (κ1) is 9.19. The standard InChI is InChI=1S/C8H13NO3/c1-6-4-7(9-5-6)8(11)12-3-2-10/h2,6-7,9H,3-5H2,1H3/t6-,7-/m0/s1. The molecule has 68 valence electrons. The fourth-order valence-corrected chi connectivity index (χ4v) is 1.31. The van der Waals surface area contributed by atoms with Crippen LogP contribution in [0, 0.1) is 5.92 Å². The third-order valence-corrected chi connectivity index (χ3v) is 1.93. The van der Waals surface area contributed by atoms with Crippen molar-refractivity contribution in [2.24, 2.45) is 5.92 Å². The van der Waals surface area contributed by atoms with Gasteiger partial charge in [-0.25, -0.2) is 0 Å². The summed E-state index contributed by atoms with van der Waals surface area (Å²) in [5, 5.41) is 3.02. The number of carbonyl (C=O) groups excluding carboxylic acids is 2. The SMILES string of the molecule is C[C@@H]1CN[C@H](C(=O)OCC=O)C1. The van der Waals surface area contributed by atoms with E-state index in [1.807, 2.05) is 0 Å². The highest BCUT2D eigenvalue weighted by Crippen LogP contribution is 2.13. The van der Waals surface area contributed by atoms with Crippen LogP contribution in [0.4, 0.5) is 0 Å². The van der Waals surface area contributed by atoms with Crippen LogP contribution < -0.4 is 5.32 Å². The van der Waals surface area contributed by atoms with E-state index in [0.29, 0.717) is 12.2 Å². The van der Waals surface area contributed by atoms with Crippen molar-refractivity contribution >= 4 is 12.3 Å². The third kappa shape index (κ3) is 2.30. The van der Waals surface area contributed by atoms with Crippen molar-refractivity contribution in [2.45, 2.75) is 19.4 Å². The summed E-state index contributed by atoms with van der Waals surface area (Å²) >= 11 is 0. The Morgan fingerprint density at radius 3 is 3.00 bits per heavy atom. The monoisotopic (exact) mass is 171 g/mol. The number of ether oxygens (including phenoxy) is 1. The summed E-state index contributed by atoms with van der Waals surface area (Å²) in [4.78, 5) is 21.0. The minimum absolute atomic E-state index is 0.134. The molecule has 0 aromatic carbocycles. The highest BCUT2D eigenvalue weighted by Gasteiger charge is 2.27. The molecule has 1 aliphatic rings. The molecule has 0 radical (unpaired) electrons. The topological polar surface area (TPSA) is 55.4 Å². The quantitative estimate of drug-likeness (QED) is 0.469. The van der Waals surface area contributed by atoms with E-state index in [2.05, 4.69) is 17.0 Å². The van der Waals surface area contributed by atoms with Gasteiger partial charge in [-0.3, -0.25) is 9.59 Å². The highest BCUT2D eigenvalue weighted by atomic mass is 16.5. The van der Waals surface area contributed by atoms with E-state index >= 15 is 0 Å². The van der Waals surface area contributed by atoms with Gasteiger partial charge in [-0.05, 0) is 18.9 Å².